The Balaban J connectivity index is 2.57. The van der Waals surface area contributed by atoms with Crippen LogP contribution in [0.4, 0.5) is 0 Å². The lowest BCUT2D eigenvalue weighted by Crippen LogP contribution is -2.47. The highest BCUT2D eigenvalue weighted by Gasteiger charge is 2.33. The summed E-state index contributed by atoms with van der Waals surface area (Å²) in [7, 11) is 0. The number of likely N-dealkylation sites (tertiary alicyclic amines) is 1. The van der Waals surface area contributed by atoms with Crippen LogP contribution in [-0.2, 0) is 14.3 Å². The molecule has 1 saturated heterocycles. The SMILES string of the molecule is C=C(Br)COC(=O)C1CCCN(C(=O)C(C)(C)C)C1. The zero-order valence-corrected chi connectivity index (χ0v) is 13.5. The van der Waals surface area contributed by atoms with Crippen molar-refractivity contribution in [3.05, 3.63) is 11.1 Å². The maximum Gasteiger partial charge on any atom is 0.311 e. The minimum Gasteiger partial charge on any atom is -0.460 e. The Morgan fingerprint density at radius 2 is 2.05 bits per heavy atom. The number of esters is 1. The maximum absolute atomic E-state index is 12.2. The second kappa shape index (κ2) is 6.55. The van der Waals surface area contributed by atoms with E-state index in [9.17, 15) is 9.59 Å². The van der Waals surface area contributed by atoms with Crippen LogP contribution in [0.1, 0.15) is 33.6 Å². The molecule has 0 aromatic carbocycles. The van der Waals surface area contributed by atoms with E-state index in [-0.39, 0.29) is 24.4 Å². The fourth-order valence-electron chi connectivity index (χ4n) is 2.10. The molecular weight excluding hydrogens is 310 g/mol. The van der Waals surface area contributed by atoms with Gasteiger partial charge in [0, 0.05) is 23.0 Å². The van der Waals surface area contributed by atoms with Gasteiger partial charge in [-0.3, -0.25) is 9.59 Å². The molecule has 108 valence electrons. The van der Waals surface area contributed by atoms with Gasteiger partial charge in [0.25, 0.3) is 0 Å². The normalized spacial score (nSPS) is 20.0. The first-order chi connectivity index (χ1) is 8.71. The van der Waals surface area contributed by atoms with E-state index in [1.165, 1.54) is 0 Å². The molecule has 0 aromatic rings. The van der Waals surface area contributed by atoms with E-state index in [4.69, 9.17) is 4.74 Å². The van der Waals surface area contributed by atoms with E-state index in [0.29, 0.717) is 11.0 Å². The number of nitrogens with zero attached hydrogens (tertiary/aromatic N) is 1. The molecule has 4 nitrogen and oxygen atoms in total. The van der Waals surface area contributed by atoms with E-state index < -0.39 is 5.41 Å². The van der Waals surface area contributed by atoms with E-state index in [2.05, 4.69) is 22.5 Å². The van der Waals surface area contributed by atoms with E-state index in [1.807, 2.05) is 20.8 Å². The number of piperidine rings is 1. The van der Waals surface area contributed by atoms with Crippen LogP contribution in [0, 0.1) is 11.3 Å². The molecule has 1 heterocycles. The Labute approximate surface area is 123 Å². The molecule has 1 unspecified atom stereocenters. The van der Waals surface area contributed by atoms with Crippen molar-refractivity contribution in [3.8, 4) is 0 Å². The molecule has 5 heteroatoms. The lowest BCUT2D eigenvalue weighted by molar-refractivity contribution is -0.152. The summed E-state index contributed by atoms with van der Waals surface area (Å²) in [6.07, 6.45) is 1.62. The molecular formula is C14H22BrNO3. The molecule has 1 atom stereocenters. The predicted molar refractivity (Wildman–Crippen MR) is 77.8 cm³/mol. The maximum atomic E-state index is 12.2. The number of hydrogen-bond acceptors (Lipinski definition) is 3. The topological polar surface area (TPSA) is 46.6 Å². The summed E-state index contributed by atoms with van der Waals surface area (Å²) in [5, 5.41) is 0. The van der Waals surface area contributed by atoms with Gasteiger partial charge in [0.1, 0.15) is 6.61 Å². The van der Waals surface area contributed by atoms with E-state index in [1.54, 1.807) is 4.90 Å². The highest BCUT2D eigenvalue weighted by Crippen LogP contribution is 2.24. The van der Waals surface area contributed by atoms with Crippen LogP contribution in [0.25, 0.3) is 0 Å². The minimum absolute atomic E-state index is 0.0925. The first-order valence-corrected chi connectivity index (χ1v) is 7.30. The van der Waals surface area contributed by atoms with Crippen LogP contribution in [0.5, 0.6) is 0 Å². The van der Waals surface area contributed by atoms with Gasteiger partial charge >= 0.3 is 5.97 Å². The molecule has 1 amide bonds. The molecule has 0 aliphatic carbocycles. The standard InChI is InChI=1S/C14H22BrNO3/c1-10(15)9-19-12(17)11-6-5-7-16(8-11)13(18)14(2,3)4/h11H,1,5-9H2,2-4H3. The van der Waals surface area contributed by atoms with Crippen LogP contribution < -0.4 is 0 Å². The number of halogens is 1. The Morgan fingerprint density at radius 1 is 1.42 bits per heavy atom. The molecule has 0 radical (unpaired) electrons. The van der Waals surface area contributed by atoms with Gasteiger partial charge in [0.15, 0.2) is 0 Å². The third-order valence-corrected chi connectivity index (χ3v) is 3.28. The molecule has 1 aliphatic rings. The molecule has 19 heavy (non-hydrogen) atoms. The van der Waals surface area contributed by atoms with Crippen molar-refractivity contribution in [1.29, 1.82) is 0 Å². The van der Waals surface area contributed by atoms with Crippen molar-refractivity contribution in [2.75, 3.05) is 19.7 Å². The summed E-state index contributed by atoms with van der Waals surface area (Å²) < 4.78 is 5.77. The van der Waals surface area contributed by atoms with Gasteiger partial charge in [0.2, 0.25) is 5.91 Å². The highest BCUT2D eigenvalue weighted by atomic mass is 79.9. The van der Waals surface area contributed by atoms with E-state index in [0.717, 1.165) is 19.4 Å². The largest absolute Gasteiger partial charge is 0.460 e. The van der Waals surface area contributed by atoms with Crippen LogP contribution >= 0.6 is 15.9 Å². The third-order valence-electron chi connectivity index (χ3n) is 3.05. The second-order valence-corrected chi connectivity index (χ2v) is 7.09. The van der Waals surface area contributed by atoms with Crippen LogP contribution in [0.2, 0.25) is 0 Å². The Hall–Kier alpha value is -0.840. The fourth-order valence-corrected chi connectivity index (χ4v) is 2.21. The molecule has 1 aliphatic heterocycles. The molecule has 0 N–H and O–H groups in total. The van der Waals surface area contributed by atoms with Crippen molar-refractivity contribution in [3.63, 3.8) is 0 Å². The lowest BCUT2D eigenvalue weighted by Gasteiger charge is -2.35. The Morgan fingerprint density at radius 3 is 2.58 bits per heavy atom. The minimum atomic E-state index is -0.407. The van der Waals surface area contributed by atoms with Crippen molar-refractivity contribution < 1.29 is 14.3 Å². The number of hydrogen-bond donors (Lipinski definition) is 0. The summed E-state index contributed by atoms with van der Waals surface area (Å²) in [4.78, 5) is 25.9. The molecule has 0 aromatic heterocycles. The first-order valence-electron chi connectivity index (χ1n) is 6.51. The average Bonchev–Trinajstić information content (AvgIpc) is 2.34. The Bertz CT molecular complexity index is 373. The van der Waals surface area contributed by atoms with Crippen LogP contribution in [-0.4, -0.2) is 36.5 Å². The van der Waals surface area contributed by atoms with Gasteiger partial charge < -0.3 is 9.64 Å². The van der Waals surface area contributed by atoms with Crippen molar-refractivity contribution in [1.82, 2.24) is 4.90 Å². The Kier molecular flexibility index (Phi) is 5.59. The molecule has 1 rings (SSSR count). The predicted octanol–water partition coefficient (Wildman–Crippen LogP) is 2.72. The van der Waals surface area contributed by atoms with Gasteiger partial charge in [0.05, 0.1) is 5.92 Å². The number of carbonyl (C=O) groups is 2. The number of amides is 1. The second-order valence-electron chi connectivity index (χ2n) is 5.97. The monoisotopic (exact) mass is 331 g/mol. The number of ether oxygens (including phenoxy) is 1. The molecule has 0 spiro atoms. The zero-order valence-electron chi connectivity index (χ0n) is 11.9. The van der Waals surface area contributed by atoms with Gasteiger partial charge in [-0.25, -0.2) is 0 Å². The smallest absolute Gasteiger partial charge is 0.311 e. The molecule has 0 saturated carbocycles. The lowest BCUT2D eigenvalue weighted by atomic mass is 9.91. The number of rotatable bonds is 3. The average molecular weight is 332 g/mol. The first kappa shape index (κ1) is 16.2. The third kappa shape index (κ3) is 4.97. The van der Waals surface area contributed by atoms with Crippen LogP contribution in [0.3, 0.4) is 0 Å². The molecule has 1 fully saturated rings. The van der Waals surface area contributed by atoms with Crippen molar-refractivity contribution in [2.45, 2.75) is 33.6 Å². The van der Waals surface area contributed by atoms with Gasteiger partial charge in [-0.1, -0.05) is 43.3 Å². The summed E-state index contributed by atoms with van der Waals surface area (Å²) in [6, 6.07) is 0. The number of carbonyl (C=O) groups excluding carboxylic acids is 2. The van der Waals surface area contributed by atoms with Gasteiger partial charge in [-0.05, 0) is 12.8 Å². The van der Waals surface area contributed by atoms with Crippen molar-refractivity contribution in [2.24, 2.45) is 11.3 Å². The van der Waals surface area contributed by atoms with E-state index >= 15 is 0 Å². The summed E-state index contributed by atoms with van der Waals surface area (Å²) in [6.45, 7) is 10.7. The summed E-state index contributed by atoms with van der Waals surface area (Å²) in [5.74, 6) is -0.367. The van der Waals surface area contributed by atoms with Gasteiger partial charge in [-0.2, -0.15) is 0 Å². The van der Waals surface area contributed by atoms with Gasteiger partial charge in [-0.15, -0.1) is 0 Å². The summed E-state index contributed by atoms with van der Waals surface area (Å²) in [5.41, 5.74) is -0.407. The quantitative estimate of drug-likeness (QED) is 0.747. The van der Waals surface area contributed by atoms with Crippen molar-refractivity contribution >= 4 is 27.8 Å². The van der Waals surface area contributed by atoms with Crippen LogP contribution in [0.15, 0.2) is 11.1 Å². The fraction of sp³-hybridized carbons (Fsp3) is 0.714. The molecule has 0 bridgehead atoms. The highest BCUT2D eigenvalue weighted by molar-refractivity contribution is 9.11. The summed E-state index contributed by atoms with van der Waals surface area (Å²) >= 11 is 3.15. The zero-order chi connectivity index (χ0) is 14.6.